The molecule has 1 aliphatic heterocycles. The number of methoxy groups -OCH3 is 1. The van der Waals surface area contributed by atoms with Crippen molar-refractivity contribution in [3.05, 3.63) is 0 Å². The Hall–Kier alpha value is -1.30. The predicted molar refractivity (Wildman–Crippen MR) is 54.6 cm³/mol. The van der Waals surface area contributed by atoms with Gasteiger partial charge in [0.25, 0.3) is 0 Å². The van der Waals surface area contributed by atoms with Crippen molar-refractivity contribution in [2.24, 2.45) is 5.41 Å². The fraction of sp³-hybridized carbons (Fsp3) is 0.800. The normalized spacial score (nSPS) is 30.4. The number of esters is 1. The number of rotatable bonds is 1. The summed E-state index contributed by atoms with van der Waals surface area (Å²) in [6.07, 6.45) is -2.43. The van der Waals surface area contributed by atoms with E-state index in [1.165, 1.54) is 7.11 Å². The topological polar surface area (TPSA) is 76.1 Å². The van der Waals surface area contributed by atoms with Gasteiger partial charge in [0.15, 0.2) is 5.72 Å². The highest BCUT2D eigenvalue weighted by Gasteiger charge is 2.59. The van der Waals surface area contributed by atoms with E-state index in [1.807, 2.05) is 0 Å². The minimum absolute atomic E-state index is 0.547. The van der Waals surface area contributed by atoms with Crippen molar-refractivity contribution in [3.63, 3.8) is 0 Å². The number of nitrogens with zero attached hydrogens (tertiary/aromatic N) is 1. The zero-order valence-electron chi connectivity index (χ0n) is 10.1. The van der Waals surface area contributed by atoms with E-state index in [0.717, 1.165) is 4.90 Å². The minimum atomic E-state index is -1.24. The first-order chi connectivity index (χ1) is 7.15. The summed E-state index contributed by atoms with van der Waals surface area (Å²) in [5.41, 5.74) is -1.77. The summed E-state index contributed by atoms with van der Waals surface area (Å²) in [7, 11) is 1.27. The first kappa shape index (κ1) is 12.8. The number of carboxylic acid groups (broad SMARTS) is 1. The number of hydrogen-bond acceptors (Lipinski definition) is 4. The maximum absolute atomic E-state index is 11.5. The highest BCUT2D eigenvalue weighted by molar-refractivity contribution is 5.83. The monoisotopic (exact) mass is 231 g/mol. The lowest BCUT2D eigenvalue weighted by atomic mass is 9.83. The van der Waals surface area contributed by atoms with Gasteiger partial charge in [0.2, 0.25) is 6.23 Å². The molecule has 1 N–H and O–H groups in total. The van der Waals surface area contributed by atoms with Crippen molar-refractivity contribution in [2.45, 2.75) is 39.6 Å². The molecule has 1 rings (SSSR count). The average Bonchev–Trinajstić information content (AvgIpc) is 2.36. The van der Waals surface area contributed by atoms with E-state index < -0.39 is 29.4 Å². The molecular formula is C10H17NO5. The predicted octanol–water partition coefficient (Wildman–Crippen LogP) is 1.26. The Morgan fingerprint density at radius 3 is 2.38 bits per heavy atom. The summed E-state index contributed by atoms with van der Waals surface area (Å²) in [6, 6.07) is 0. The third kappa shape index (κ3) is 1.63. The van der Waals surface area contributed by atoms with Gasteiger partial charge in [-0.2, -0.15) is 0 Å². The molecule has 1 fully saturated rings. The zero-order chi connectivity index (χ0) is 12.7. The lowest BCUT2D eigenvalue weighted by Gasteiger charge is -2.41. The van der Waals surface area contributed by atoms with Gasteiger partial charge in [-0.3, -0.25) is 0 Å². The summed E-state index contributed by atoms with van der Waals surface area (Å²) in [5, 5.41) is 9.15. The molecule has 0 bridgehead atoms. The van der Waals surface area contributed by atoms with Crippen LogP contribution in [0.5, 0.6) is 0 Å². The molecule has 0 saturated carbocycles. The Bertz CT molecular complexity index is 322. The molecule has 0 aromatic heterocycles. The first-order valence-corrected chi connectivity index (χ1v) is 4.93. The lowest BCUT2D eigenvalue weighted by Crippen LogP contribution is -2.56. The Morgan fingerprint density at radius 2 is 2.06 bits per heavy atom. The van der Waals surface area contributed by atoms with Gasteiger partial charge in [0.1, 0.15) is 0 Å². The summed E-state index contributed by atoms with van der Waals surface area (Å²) >= 11 is 0. The van der Waals surface area contributed by atoms with Crippen LogP contribution in [0.2, 0.25) is 0 Å². The molecule has 16 heavy (non-hydrogen) atoms. The largest absolute Gasteiger partial charge is 0.465 e. The molecule has 1 amide bonds. The van der Waals surface area contributed by atoms with Crippen LogP contribution in [0, 0.1) is 5.41 Å². The Morgan fingerprint density at radius 1 is 1.56 bits per heavy atom. The highest BCUT2D eigenvalue weighted by Crippen LogP contribution is 2.42. The Kier molecular flexibility index (Phi) is 2.89. The highest BCUT2D eigenvalue weighted by atomic mass is 16.6. The van der Waals surface area contributed by atoms with Crippen LogP contribution in [0.25, 0.3) is 0 Å². The SMILES string of the molecule is COC1C(=O)OC(C)(C(C)(C)C)N1C(=O)O. The molecule has 0 radical (unpaired) electrons. The van der Waals surface area contributed by atoms with Gasteiger partial charge in [-0.1, -0.05) is 20.8 Å². The van der Waals surface area contributed by atoms with Crippen LogP contribution in [-0.2, 0) is 14.3 Å². The third-order valence-electron chi connectivity index (χ3n) is 3.02. The molecule has 6 nitrogen and oxygen atoms in total. The number of ether oxygens (including phenoxy) is 2. The van der Waals surface area contributed by atoms with Crippen LogP contribution in [0.15, 0.2) is 0 Å². The second kappa shape index (κ2) is 3.62. The van der Waals surface area contributed by atoms with E-state index in [1.54, 1.807) is 27.7 Å². The maximum Gasteiger partial charge on any atom is 0.413 e. The van der Waals surface area contributed by atoms with E-state index >= 15 is 0 Å². The molecule has 0 aromatic carbocycles. The Balaban J connectivity index is 3.22. The molecule has 1 heterocycles. The number of hydrogen-bond donors (Lipinski definition) is 1. The van der Waals surface area contributed by atoms with E-state index in [4.69, 9.17) is 14.6 Å². The van der Waals surface area contributed by atoms with Gasteiger partial charge >= 0.3 is 12.1 Å². The first-order valence-electron chi connectivity index (χ1n) is 4.93. The summed E-state index contributed by atoms with van der Waals surface area (Å²) < 4.78 is 10.0. The quantitative estimate of drug-likeness (QED) is 0.687. The van der Waals surface area contributed by atoms with Crippen LogP contribution in [0.4, 0.5) is 4.79 Å². The van der Waals surface area contributed by atoms with Crippen LogP contribution in [0.3, 0.4) is 0 Å². The van der Waals surface area contributed by atoms with E-state index in [9.17, 15) is 9.59 Å². The van der Waals surface area contributed by atoms with Gasteiger partial charge in [-0.05, 0) is 6.92 Å². The second-order valence-electron chi connectivity index (χ2n) is 4.89. The Labute approximate surface area is 94.1 Å². The van der Waals surface area contributed by atoms with Gasteiger partial charge < -0.3 is 14.6 Å². The molecule has 2 atom stereocenters. The smallest absolute Gasteiger partial charge is 0.413 e. The van der Waals surface area contributed by atoms with Crippen molar-refractivity contribution >= 4 is 12.1 Å². The summed E-state index contributed by atoms with van der Waals surface area (Å²) in [5.74, 6) is -0.678. The molecule has 2 unspecified atom stereocenters. The van der Waals surface area contributed by atoms with Gasteiger partial charge in [0, 0.05) is 12.5 Å². The number of cyclic esters (lactones) is 1. The van der Waals surface area contributed by atoms with E-state index in [0.29, 0.717) is 0 Å². The van der Waals surface area contributed by atoms with Crippen LogP contribution in [-0.4, -0.2) is 41.1 Å². The summed E-state index contributed by atoms with van der Waals surface area (Å²) in [6.45, 7) is 6.97. The molecular weight excluding hydrogens is 214 g/mol. The van der Waals surface area contributed by atoms with Crippen molar-refractivity contribution in [1.82, 2.24) is 4.90 Å². The fourth-order valence-corrected chi connectivity index (χ4v) is 1.62. The van der Waals surface area contributed by atoms with Crippen molar-refractivity contribution < 1.29 is 24.2 Å². The molecule has 0 aromatic rings. The van der Waals surface area contributed by atoms with Gasteiger partial charge in [-0.25, -0.2) is 14.5 Å². The summed E-state index contributed by atoms with van der Waals surface area (Å²) in [4.78, 5) is 23.6. The minimum Gasteiger partial charge on any atom is -0.465 e. The van der Waals surface area contributed by atoms with Crippen molar-refractivity contribution in [3.8, 4) is 0 Å². The average molecular weight is 231 g/mol. The van der Waals surface area contributed by atoms with Crippen LogP contribution >= 0.6 is 0 Å². The van der Waals surface area contributed by atoms with Gasteiger partial charge in [-0.15, -0.1) is 0 Å². The zero-order valence-corrected chi connectivity index (χ0v) is 10.1. The molecule has 1 saturated heterocycles. The fourth-order valence-electron chi connectivity index (χ4n) is 1.62. The third-order valence-corrected chi connectivity index (χ3v) is 3.02. The number of carbonyl (C=O) groups excluding carboxylic acids is 1. The van der Waals surface area contributed by atoms with E-state index in [2.05, 4.69) is 0 Å². The molecule has 1 aliphatic rings. The number of amides is 1. The molecule has 0 aliphatic carbocycles. The van der Waals surface area contributed by atoms with E-state index in [-0.39, 0.29) is 0 Å². The van der Waals surface area contributed by atoms with Crippen molar-refractivity contribution in [2.75, 3.05) is 7.11 Å². The standard InChI is InChI=1S/C10H17NO5/c1-9(2,3)10(4)11(8(13)14)6(15-5)7(12)16-10/h6H,1-5H3,(H,13,14). The van der Waals surface area contributed by atoms with Gasteiger partial charge in [0.05, 0.1) is 0 Å². The lowest BCUT2D eigenvalue weighted by molar-refractivity contribution is -0.166. The maximum atomic E-state index is 11.5. The number of carbonyl (C=O) groups is 2. The van der Waals surface area contributed by atoms with Crippen LogP contribution in [0.1, 0.15) is 27.7 Å². The van der Waals surface area contributed by atoms with Crippen molar-refractivity contribution in [1.29, 1.82) is 0 Å². The molecule has 0 spiro atoms. The second-order valence-corrected chi connectivity index (χ2v) is 4.89. The van der Waals surface area contributed by atoms with Crippen LogP contribution < -0.4 is 0 Å². The molecule has 6 heteroatoms. The molecule has 92 valence electrons.